The van der Waals surface area contributed by atoms with Gasteiger partial charge in [0.1, 0.15) is 11.4 Å². The summed E-state index contributed by atoms with van der Waals surface area (Å²) in [7, 11) is 0.122. The maximum Gasteiger partial charge on any atom is 0.237 e. The lowest BCUT2D eigenvalue weighted by Gasteiger charge is -2.54. The van der Waals surface area contributed by atoms with Crippen molar-refractivity contribution in [3.63, 3.8) is 0 Å². The van der Waals surface area contributed by atoms with E-state index in [0.29, 0.717) is 100 Å². The number of halogens is 2. The second-order valence-electron chi connectivity index (χ2n) is 12.8. The van der Waals surface area contributed by atoms with Crippen molar-refractivity contribution in [1.82, 2.24) is 30.2 Å². The van der Waals surface area contributed by atoms with E-state index in [9.17, 15) is 13.2 Å². The zero-order valence-electron chi connectivity index (χ0n) is 27.2. The molecule has 49 heavy (non-hydrogen) atoms. The van der Waals surface area contributed by atoms with Gasteiger partial charge in [-0.15, -0.1) is 0 Å². The maximum absolute atomic E-state index is 12.2. The van der Waals surface area contributed by atoms with Crippen molar-refractivity contribution in [3.05, 3.63) is 70.2 Å². The first kappa shape index (κ1) is 33.6. The molecule has 7 rings (SSSR count). The molecule has 4 aromatic rings. The summed E-state index contributed by atoms with van der Waals surface area (Å²) in [6.45, 7) is 1.44. The molecule has 1 spiro atoms. The summed E-state index contributed by atoms with van der Waals surface area (Å²) in [5, 5.41) is 3.91. The molecule has 3 saturated heterocycles. The van der Waals surface area contributed by atoms with Crippen molar-refractivity contribution in [2.75, 3.05) is 33.1 Å². The summed E-state index contributed by atoms with van der Waals surface area (Å²) in [6.07, 6.45) is 7.94. The van der Waals surface area contributed by atoms with Crippen LogP contribution in [0.3, 0.4) is 0 Å². The Morgan fingerprint density at radius 1 is 0.898 bits per heavy atom. The summed E-state index contributed by atoms with van der Waals surface area (Å²) in [4.78, 5) is 32.4. The van der Waals surface area contributed by atoms with Gasteiger partial charge in [0.15, 0.2) is 9.84 Å². The number of amides is 1. The van der Waals surface area contributed by atoms with Gasteiger partial charge in [-0.05, 0) is 32.1 Å². The van der Waals surface area contributed by atoms with E-state index in [0.717, 1.165) is 25.0 Å². The van der Waals surface area contributed by atoms with E-state index in [1.54, 1.807) is 19.5 Å². The number of hydrogen-bond acceptors (Lipinski definition) is 10. The highest BCUT2D eigenvalue weighted by atomic mass is 35.5. The molecule has 3 aliphatic heterocycles. The van der Waals surface area contributed by atoms with E-state index in [-0.39, 0.29) is 17.7 Å². The first-order valence-corrected chi connectivity index (χ1v) is 18.6. The van der Waals surface area contributed by atoms with E-state index >= 15 is 0 Å². The molecule has 1 amide bonds. The fourth-order valence-electron chi connectivity index (χ4n) is 6.95. The minimum atomic E-state index is -2.99. The third-order valence-electron chi connectivity index (χ3n) is 9.78. The van der Waals surface area contributed by atoms with Gasteiger partial charge in [0.05, 0.1) is 58.5 Å². The molecule has 0 saturated carbocycles. The standard InChI is InChI=1S/C35H36Cl2N6O5S/c1-47-33-26(11-3-6-21-12-13-30(44)40-21)38-16-27(41-33)24-9-4-7-22(31(24)36)23-8-5-10-25(32(23)37)28-17-39-29(34(42-28)48-2)18-43-19-35(20-43)14-15-49(35,45)46/h4-5,7-10,16-17,21H,3,6,11-15,18-20H2,1-2H3,(H,40,44)/t21-/m1/s1. The molecule has 0 aliphatic carbocycles. The summed E-state index contributed by atoms with van der Waals surface area (Å²) in [6, 6.07) is 11.5. The van der Waals surface area contributed by atoms with Crippen LogP contribution in [-0.4, -0.2) is 83.0 Å². The zero-order valence-corrected chi connectivity index (χ0v) is 29.5. The van der Waals surface area contributed by atoms with Gasteiger partial charge < -0.3 is 14.8 Å². The summed E-state index contributed by atoms with van der Waals surface area (Å²) in [5.41, 5.74) is 5.24. The van der Waals surface area contributed by atoms with Crippen LogP contribution in [0, 0.1) is 0 Å². The molecule has 1 atom stereocenters. The third kappa shape index (κ3) is 6.35. The lowest BCUT2D eigenvalue weighted by Crippen LogP contribution is -2.71. The summed E-state index contributed by atoms with van der Waals surface area (Å²) in [5.74, 6) is 1.18. The van der Waals surface area contributed by atoms with Crippen LogP contribution in [0.25, 0.3) is 33.6 Å². The molecular formula is C35H36Cl2N6O5S. The number of carbonyl (C=O) groups is 1. The van der Waals surface area contributed by atoms with Gasteiger partial charge in [-0.25, -0.2) is 18.4 Å². The molecule has 3 aliphatic rings. The lowest BCUT2D eigenvalue weighted by atomic mass is 9.94. The van der Waals surface area contributed by atoms with Crippen molar-refractivity contribution in [1.29, 1.82) is 0 Å². The van der Waals surface area contributed by atoms with Gasteiger partial charge in [0.25, 0.3) is 0 Å². The highest BCUT2D eigenvalue weighted by molar-refractivity contribution is 7.94. The fraction of sp³-hybridized carbons (Fsp3) is 0.400. The Kier molecular flexibility index (Phi) is 9.25. The number of aryl methyl sites for hydroxylation is 1. The Morgan fingerprint density at radius 3 is 1.98 bits per heavy atom. The average Bonchev–Trinajstić information content (AvgIpc) is 3.50. The Morgan fingerprint density at radius 2 is 1.47 bits per heavy atom. The molecule has 256 valence electrons. The van der Waals surface area contributed by atoms with Crippen molar-refractivity contribution in [2.45, 2.75) is 55.9 Å². The largest absolute Gasteiger partial charge is 0.480 e. The molecule has 3 fully saturated rings. The summed E-state index contributed by atoms with van der Waals surface area (Å²) < 4.78 is 35.1. The van der Waals surface area contributed by atoms with E-state index < -0.39 is 14.6 Å². The Hall–Kier alpha value is -3.84. The van der Waals surface area contributed by atoms with Crippen LogP contribution in [0.4, 0.5) is 0 Å². The minimum Gasteiger partial charge on any atom is -0.480 e. The van der Waals surface area contributed by atoms with Crippen LogP contribution in [-0.2, 0) is 27.6 Å². The highest BCUT2D eigenvalue weighted by Gasteiger charge is 2.59. The van der Waals surface area contributed by atoms with E-state index in [4.69, 9.17) is 42.6 Å². The fourth-order valence-corrected chi connectivity index (χ4v) is 9.47. The second-order valence-corrected chi connectivity index (χ2v) is 16.1. The van der Waals surface area contributed by atoms with E-state index in [2.05, 4.69) is 20.2 Å². The first-order valence-electron chi connectivity index (χ1n) is 16.2. The molecule has 14 heteroatoms. The molecule has 2 aromatic heterocycles. The predicted octanol–water partition coefficient (Wildman–Crippen LogP) is 5.57. The monoisotopic (exact) mass is 722 g/mol. The van der Waals surface area contributed by atoms with E-state index in [1.807, 2.05) is 36.4 Å². The number of nitrogens with zero attached hydrogens (tertiary/aromatic N) is 5. The minimum absolute atomic E-state index is 0.115. The second kappa shape index (κ2) is 13.5. The summed E-state index contributed by atoms with van der Waals surface area (Å²) >= 11 is 14.1. The molecule has 5 heterocycles. The van der Waals surface area contributed by atoms with Gasteiger partial charge in [-0.2, -0.15) is 0 Å². The van der Waals surface area contributed by atoms with Gasteiger partial charge in [-0.3, -0.25) is 19.7 Å². The predicted molar refractivity (Wildman–Crippen MR) is 188 cm³/mol. The number of likely N-dealkylation sites (tertiary alicyclic amines) is 1. The average molecular weight is 724 g/mol. The van der Waals surface area contributed by atoms with Crippen molar-refractivity contribution >= 4 is 38.9 Å². The molecule has 0 unspecified atom stereocenters. The normalized spacial score (nSPS) is 19.3. The maximum atomic E-state index is 12.2. The quantitative estimate of drug-likeness (QED) is 0.209. The molecule has 11 nitrogen and oxygen atoms in total. The van der Waals surface area contributed by atoms with E-state index in [1.165, 1.54) is 7.11 Å². The number of sulfone groups is 1. The third-order valence-corrected chi connectivity index (χ3v) is 13.1. The molecule has 0 bridgehead atoms. The Labute approximate surface area is 295 Å². The van der Waals surface area contributed by atoms with Gasteiger partial charge in [-0.1, -0.05) is 59.6 Å². The molecule has 2 aromatic carbocycles. The van der Waals surface area contributed by atoms with Crippen LogP contribution in [0.2, 0.25) is 10.0 Å². The lowest BCUT2D eigenvalue weighted by molar-refractivity contribution is -0.119. The topological polar surface area (TPSA) is 137 Å². The number of benzene rings is 2. The molecular weight excluding hydrogens is 687 g/mol. The number of methoxy groups -OCH3 is 2. The highest BCUT2D eigenvalue weighted by Crippen LogP contribution is 2.44. The number of nitrogens with one attached hydrogen (secondary N) is 1. The van der Waals surface area contributed by atoms with Crippen LogP contribution >= 0.6 is 23.2 Å². The Balaban J connectivity index is 1.10. The van der Waals surface area contributed by atoms with Crippen LogP contribution in [0.15, 0.2) is 48.8 Å². The smallest absolute Gasteiger partial charge is 0.237 e. The number of rotatable bonds is 11. The molecule has 0 radical (unpaired) electrons. The molecule has 1 N–H and O–H groups in total. The van der Waals surface area contributed by atoms with Crippen molar-refractivity contribution in [2.24, 2.45) is 0 Å². The Bertz CT molecular complexity index is 2040. The van der Waals surface area contributed by atoms with Gasteiger partial charge >= 0.3 is 0 Å². The number of carbonyl (C=O) groups excluding carboxylic acids is 1. The number of hydrogen-bond donors (Lipinski definition) is 1. The van der Waals surface area contributed by atoms with Crippen LogP contribution in [0.1, 0.15) is 43.5 Å². The van der Waals surface area contributed by atoms with Crippen LogP contribution in [0.5, 0.6) is 11.8 Å². The SMILES string of the molecule is COc1nc(-c2cccc(-c3cccc(-c4cnc(CN5CC6(CCS6(=O)=O)C5)c(OC)n4)c3Cl)c2Cl)cnc1CCC[C@@H]1CCC(=O)N1. The van der Waals surface area contributed by atoms with Crippen molar-refractivity contribution in [3.8, 4) is 45.4 Å². The number of aromatic nitrogens is 4. The van der Waals surface area contributed by atoms with Gasteiger partial charge in [0, 0.05) is 54.4 Å². The number of ether oxygens (including phenoxy) is 2. The van der Waals surface area contributed by atoms with Gasteiger partial charge in [0.2, 0.25) is 17.7 Å². The van der Waals surface area contributed by atoms with Crippen molar-refractivity contribution < 1.29 is 22.7 Å². The first-order chi connectivity index (χ1) is 23.6. The zero-order chi connectivity index (χ0) is 34.3. The van der Waals surface area contributed by atoms with Crippen LogP contribution < -0.4 is 14.8 Å².